The van der Waals surface area contributed by atoms with Crippen molar-refractivity contribution in [3.63, 3.8) is 0 Å². The minimum absolute atomic E-state index is 0.230. The molecule has 1 aromatic rings. The van der Waals surface area contributed by atoms with Crippen molar-refractivity contribution in [2.45, 2.75) is 32.7 Å². The van der Waals surface area contributed by atoms with Crippen LogP contribution in [-0.2, 0) is 14.3 Å². The number of hydrogen-bond donors (Lipinski definition) is 1. The van der Waals surface area contributed by atoms with E-state index in [0.29, 0.717) is 28.8 Å². The standard InChI is InChI=1S/C15H19Cl2NO4/c1-3-21-15(20)10(2)18-14(19)5-4-8-22-13-7-6-11(16)9-12(13)17/h6-7,9-10H,3-5,8H2,1-2H3,(H,18,19). The first kappa shape index (κ1) is 18.6. The highest BCUT2D eigenvalue weighted by atomic mass is 35.5. The lowest BCUT2D eigenvalue weighted by atomic mass is 10.2. The van der Waals surface area contributed by atoms with Crippen LogP contribution in [0.25, 0.3) is 0 Å². The molecule has 0 spiro atoms. The summed E-state index contributed by atoms with van der Waals surface area (Å²) in [4.78, 5) is 23.0. The maximum atomic E-state index is 11.7. The molecule has 1 aromatic carbocycles. The van der Waals surface area contributed by atoms with Gasteiger partial charge in [0.2, 0.25) is 5.91 Å². The Bertz CT molecular complexity index is 522. The number of ether oxygens (including phenoxy) is 2. The van der Waals surface area contributed by atoms with Crippen LogP contribution in [0.1, 0.15) is 26.7 Å². The minimum Gasteiger partial charge on any atom is -0.492 e. The van der Waals surface area contributed by atoms with E-state index >= 15 is 0 Å². The highest BCUT2D eigenvalue weighted by Crippen LogP contribution is 2.27. The average molecular weight is 348 g/mol. The molecule has 0 saturated heterocycles. The average Bonchev–Trinajstić information content (AvgIpc) is 2.45. The van der Waals surface area contributed by atoms with Crippen molar-refractivity contribution in [1.82, 2.24) is 5.32 Å². The third-order valence-corrected chi connectivity index (χ3v) is 3.25. The van der Waals surface area contributed by atoms with Crippen LogP contribution in [0, 0.1) is 0 Å². The van der Waals surface area contributed by atoms with E-state index in [0.717, 1.165) is 0 Å². The van der Waals surface area contributed by atoms with Gasteiger partial charge in [-0.1, -0.05) is 23.2 Å². The van der Waals surface area contributed by atoms with E-state index in [-0.39, 0.29) is 18.9 Å². The van der Waals surface area contributed by atoms with E-state index in [1.165, 1.54) is 0 Å². The van der Waals surface area contributed by atoms with E-state index in [2.05, 4.69) is 5.32 Å². The van der Waals surface area contributed by atoms with E-state index < -0.39 is 12.0 Å². The van der Waals surface area contributed by atoms with Gasteiger partial charge in [0.1, 0.15) is 11.8 Å². The molecule has 0 fully saturated rings. The topological polar surface area (TPSA) is 64.6 Å². The number of amides is 1. The predicted molar refractivity (Wildman–Crippen MR) is 85.4 cm³/mol. The van der Waals surface area contributed by atoms with Gasteiger partial charge in [-0.05, 0) is 38.5 Å². The summed E-state index contributed by atoms with van der Waals surface area (Å²) in [5.41, 5.74) is 0. The third-order valence-electron chi connectivity index (χ3n) is 2.72. The van der Waals surface area contributed by atoms with Gasteiger partial charge in [0, 0.05) is 11.4 Å². The molecule has 1 unspecified atom stereocenters. The second kappa shape index (κ2) is 9.54. The fraction of sp³-hybridized carbons (Fsp3) is 0.467. The van der Waals surface area contributed by atoms with Crippen LogP contribution < -0.4 is 10.1 Å². The molecule has 22 heavy (non-hydrogen) atoms. The molecule has 5 nitrogen and oxygen atoms in total. The number of hydrogen-bond acceptors (Lipinski definition) is 4. The Morgan fingerprint density at radius 1 is 1.32 bits per heavy atom. The lowest BCUT2D eigenvalue weighted by molar-refractivity contribution is -0.146. The molecule has 7 heteroatoms. The fourth-order valence-corrected chi connectivity index (χ4v) is 2.11. The van der Waals surface area contributed by atoms with Crippen LogP contribution in [0.4, 0.5) is 0 Å². The molecule has 0 aliphatic carbocycles. The van der Waals surface area contributed by atoms with Crippen molar-refractivity contribution < 1.29 is 19.1 Å². The zero-order chi connectivity index (χ0) is 16.5. The fourth-order valence-electron chi connectivity index (χ4n) is 1.65. The Balaban J connectivity index is 2.26. The summed E-state index contributed by atoms with van der Waals surface area (Å²) in [5.74, 6) is -0.155. The molecule has 1 atom stereocenters. The van der Waals surface area contributed by atoms with Crippen LogP contribution in [0.5, 0.6) is 5.75 Å². The Hall–Kier alpha value is -1.46. The third kappa shape index (κ3) is 6.54. The van der Waals surface area contributed by atoms with E-state index in [1.807, 2.05) is 0 Å². The Morgan fingerprint density at radius 2 is 2.05 bits per heavy atom. The Morgan fingerprint density at radius 3 is 2.68 bits per heavy atom. The molecule has 0 radical (unpaired) electrons. The van der Waals surface area contributed by atoms with Crippen LogP contribution >= 0.6 is 23.2 Å². The van der Waals surface area contributed by atoms with Gasteiger partial charge in [-0.3, -0.25) is 4.79 Å². The summed E-state index contributed by atoms with van der Waals surface area (Å²) in [7, 11) is 0. The van der Waals surface area contributed by atoms with Gasteiger partial charge < -0.3 is 14.8 Å². The van der Waals surface area contributed by atoms with E-state index in [1.54, 1.807) is 32.0 Å². The summed E-state index contributed by atoms with van der Waals surface area (Å²) in [6.07, 6.45) is 0.745. The summed E-state index contributed by atoms with van der Waals surface area (Å²) in [5, 5.41) is 3.53. The van der Waals surface area contributed by atoms with Crippen molar-refractivity contribution in [3.05, 3.63) is 28.2 Å². The van der Waals surface area contributed by atoms with Crippen molar-refractivity contribution in [2.24, 2.45) is 0 Å². The molecular weight excluding hydrogens is 329 g/mol. The quantitative estimate of drug-likeness (QED) is 0.579. The molecule has 0 heterocycles. The molecular formula is C15H19Cl2NO4. The monoisotopic (exact) mass is 347 g/mol. The molecule has 1 rings (SSSR count). The first-order chi connectivity index (χ1) is 10.4. The van der Waals surface area contributed by atoms with Crippen molar-refractivity contribution in [1.29, 1.82) is 0 Å². The summed E-state index contributed by atoms with van der Waals surface area (Å²) in [6, 6.07) is 4.29. The van der Waals surface area contributed by atoms with Crippen LogP contribution in [-0.4, -0.2) is 31.1 Å². The number of rotatable bonds is 8. The van der Waals surface area contributed by atoms with E-state index in [9.17, 15) is 9.59 Å². The lowest BCUT2D eigenvalue weighted by Crippen LogP contribution is -2.39. The Labute approximate surface area is 139 Å². The molecule has 0 aliphatic rings. The zero-order valence-corrected chi connectivity index (χ0v) is 14.0. The van der Waals surface area contributed by atoms with Crippen molar-refractivity contribution in [3.8, 4) is 5.75 Å². The lowest BCUT2D eigenvalue weighted by Gasteiger charge is -2.12. The van der Waals surface area contributed by atoms with Crippen LogP contribution in [0.3, 0.4) is 0 Å². The van der Waals surface area contributed by atoms with E-state index in [4.69, 9.17) is 32.7 Å². The second-order valence-corrected chi connectivity index (χ2v) is 5.41. The van der Waals surface area contributed by atoms with Crippen molar-refractivity contribution in [2.75, 3.05) is 13.2 Å². The van der Waals surface area contributed by atoms with Crippen LogP contribution in [0.2, 0.25) is 10.0 Å². The van der Waals surface area contributed by atoms with Gasteiger partial charge in [0.05, 0.1) is 18.2 Å². The molecule has 0 bridgehead atoms. The van der Waals surface area contributed by atoms with Gasteiger partial charge in [-0.25, -0.2) is 4.79 Å². The number of carbonyl (C=O) groups is 2. The first-order valence-electron chi connectivity index (χ1n) is 6.98. The number of carbonyl (C=O) groups excluding carboxylic acids is 2. The molecule has 122 valence electrons. The molecule has 0 aromatic heterocycles. The number of esters is 1. The Kier molecular flexibility index (Phi) is 8.06. The SMILES string of the molecule is CCOC(=O)C(C)NC(=O)CCCOc1ccc(Cl)cc1Cl. The number of benzene rings is 1. The van der Waals surface area contributed by atoms with Gasteiger partial charge in [0.25, 0.3) is 0 Å². The highest BCUT2D eigenvalue weighted by molar-refractivity contribution is 6.35. The molecule has 0 saturated carbocycles. The predicted octanol–water partition coefficient (Wildman–Crippen LogP) is 3.22. The molecule has 1 amide bonds. The maximum absolute atomic E-state index is 11.7. The van der Waals surface area contributed by atoms with Gasteiger partial charge >= 0.3 is 5.97 Å². The second-order valence-electron chi connectivity index (χ2n) is 4.57. The molecule has 0 aliphatic heterocycles. The molecule has 1 N–H and O–H groups in total. The number of nitrogens with one attached hydrogen (secondary N) is 1. The van der Waals surface area contributed by atoms with Gasteiger partial charge in [-0.15, -0.1) is 0 Å². The zero-order valence-electron chi connectivity index (χ0n) is 12.5. The largest absolute Gasteiger partial charge is 0.492 e. The van der Waals surface area contributed by atoms with Crippen molar-refractivity contribution >= 4 is 35.1 Å². The summed E-state index contributed by atoms with van der Waals surface area (Å²) >= 11 is 11.7. The normalized spacial score (nSPS) is 11.6. The minimum atomic E-state index is -0.654. The first-order valence-corrected chi connectivity index (χ1v) is 7.73. The summed E-state index contributed by atoms with van der Waals surface area (Å²) < 4.78 is 10.3. The van der Waals surface area contributed by atoms with Crippen LogP contribution in [0.15, 0.2) is 18.2 Å². The highest BCUT2D eigenvalue weighted by Gasteiger charge is 2.16. The van der Waals surface area contributed by atoms with Gasteiger partial charge in [-0.2, -0.15) is 0 Å². The number of halogens is 2. The smallest absolute Gasteiger partial charge is 0.328 e. The summed E-state index contributed by atoms with van der Waals surface area (Å²) in [6.45, 7) is 3.92. The maximum Gasteiger partial charge on any atom is 0.328 e. The van der Waals surface area contributed by atoms with Gasteiger partial charge in [0.15, 0.2) is 0 Å².